The van der Waals surface area contributed by atoms with Crippen molar-refractivity contribution < 1.29 is 14.3 Å². The van der Waals surface area contributed by atoms with Crippen LogP contribution < -0.4 is 0 Å². The molecule has 1 aliphatic rings. The molecule has 146 valence electrons. The van der Waals surface area contributed by atoms with Gasteiger partial charge in [0.25, 0.3) is 0 Å². The van der Waals surface area contributed by atoms with Crippen LogP contribution in [0.1, 0.15) is 94.3 Å². The third-order valence-electron chi connectivity index (χ3n) is 5.21. The molecule has 1 fully saturated rings. The summed E-state index contributed by atoms with van der Waals surface area (Å²) in [6.45, 7) is 2.71. The molecule has 0 bridgehead atoms. The van der Waals surface area contributed by atoms with Crippen LogP contribution in [-0.2, 0) is 9.47 Å². The fourth-order valence-electron chi connectivity index (χ4n) is 3.39. The van der Waals surface area contributed by atoms with Crippen molar-refractivity contribution in [1.82, 2.24) is 0 Å². The van der Waals surface area contributed by atoms with Crippen LogP contribution in [0, 0.1) is 0 Å². The van der Waals surface area contributed by atoms with E-state index in [2.05, 4.69) is 6.92 Å². The largest absolute Gasteiger partial charge is 0.462 e. The summed E-state index contributed by atoms with van der Waals surface area (Å²) in [5.41, 5.74) is 0.642. The molecule has 3 heteroatoms. The van der Waals surface area contributed by atoms with E-state index in [1.165, 1.54) is 64.2 Å². The van der Waals surface area contributed by atoms with E-state index >= 15 is 0 Å². The summed E-state index contributed by atoms with van der Waals surface area (Å²) in [5, 5.41) is 0. The highest BCUT2D eigenvalue weighted by atomic mass is 16.6. The highest BCUT2D eigenvalue weighted by Crippen LogP contribution is 2.26. The van der Waals surface area contributed by atoms with Crippen LogP contribution in [0.25, 0.3) is 0 Å². The number of unbranched alkanes of at least 4 members (excludes halogenated alkanes) is 10. The third kappa shape index (κ3) is 9.38. The smallest absolute Gasteiger partial charge is 0.338 e. The van der Waals surface area contributed by atoms with Gasteiger partial charge in [-0.3, -0.25) is 0 Å². The first-order valence-electron chi connectivity index (χ1n) is 10.6. The average Bonchev–Trinajstić information content (AvgIpc) is 3.37. The topological polar surface area (TPSA) is 38.8 Å². The lowest BCUT2D eigenvalue weighted by Gasteiger charge is -2.05. The number of hydrogen-bond acceptors (Lipinski definition) is 3. The Morgan fingerprint density at radius 2 is 1.35 bits per heavy atom. The summed E-state index contributed by atoms with van der Waals surface area (Å²) in [7, 11) is 0. The maximum Gasteiger partial charge on any atom is 0.338 e. The molecule has 26 heavy (non-hydrogen) atoms. The van der Waals surface area contributed by atoms with Crippen LogP contribution in [0.15, 0.2) is 30.3 Å². The van der Waals surface area contributed by atoms with Gasteiger partial charge in [-0.05, 0) is 31.9 Å². The number of esters is 1. The fraction of sp³-hybridized carbons (Fsp3) is 0.696. The Morgan fingerprint density at radius 3 is 1.88 bits per heavy atom. The second kappa shape index (κ2) is 12.9. The van der Waals surface area contributed by atoms with Gasteiger partial charge in [0, 0.05) is 0 Å². The number of epoxide rings is 1. The summed E-state index contributed by atoms with van der Waals surface area (Å²) in [6.07, 6.45) is 16.6. The molecule has 3 nitrogen and oxygen atoms in total. The molecule has 0 aromatic heterocycles. The van der Waals surface area contributed by atoms with Gasteiger partial charge in [-0.15, -0.1) is 0 Å². The highest BCUT2D eigenvalue weighted by Gasteiger charge is 2.32. The summed E-state index contributed by atoms with van der Waals surface area (Å²) in [4.78, 5) is 11.8. The first-order valence-corrected chi connectivity index (χ1v) is 10.6. The summed E-state index contributed by atoms with van der Waals surface area (Å²) in [5.74, 6) is -0.204. The number of ether oxygens (including phenoxy) is 2. The molecular formula is C23H36O3. The molecule has 0 aliphatic carbocycles. The van der Waals surface area contributed by atoms with Gasteiger partial charge in [-0.25, -0.2) is 4.79 Å². The Hall–Kier alpha value is -1.35. The van der Waals surface area contributed by atoms with Gasteiger partial charge in [0.1, 0.15) is 0 Å². The zero-order valence-corrected chi connectivity index (χ0v) is 16.5. The van der Waals surface area contributed by atoms with E-state index in [0.29, 0.717) is 24.4 Å². The summed E-state index contributed by atoms with van der Waals surface area (Å²) >= 11 is 0. The normalized spacial score (nSPS) is 18.7. The average molecular weight is 361 g/mol. The Morgan fingerprint density at radius 1 is 0.846 bits per heavy atom. The molecule has 1 aliphatic heterocycles. The lowest BCUT2D eigenvalue weighted by Crippen LogP contribution is -2.06. The van der Waals surface area contributed by atoms with E-state index in [4.69, 9.17) is 9.47 Å². The molecule has 2 unspecified atom stereocenters. The van der Waals surface area contributed by atoms with Crippen molar-refractivity contribution in [2.24, 2.45) is 0 Å². The van der Waals surface area contributed by atoms with Crippen LogP contribution in [-0.4, -0.2) is 24.8 Å². The van der Waals surface area contributed by atoms with E-state index in [9.17, 15) is 4.79 Å². The van der Waals surface area contributed by atoms with Gasteiger partial charge in [0.05, 0.1) is 24.4 Å². The maximum absolute atomic E-state index is 11.8. The zero-order valence-electron chi connectivity index (χ0n) is 16.5. The Bertz CT molecular complexity index is 485. The SMILES string of the molecule is CC1OC1CCCCCCCCCCCCCOC(=O)c1ccccc1. The van der Waals surface area contributed by atoms with Crippen molar-refractivity contribution in [3.05, 3.63) is 35.9 Å². The Kier molecular flexibility index (Phi) is 10.4. The van der Waals surface area contributed by atoms with Crippen molar-refractivity contribution in [3.63, 3.8) is 0 Å². The minimum Gasteiger partial charge on any atom is -0.462 e. The van der Waals surface area contributed by atoms with Crippen molar-refractivity contribution in [1.29, 1.82) is 0 Å². The summed E-state index contributed by atoms with van der Waals surface area (Å²) in [6, 6.07) is 9.22. The number of benzene rings is 1. The number of carbonyl (C=O) groups is 1. The molecular weight excluding hydrogens is 324 g/mol. The molecule has 1 aromatic carbocycles. The highest BCUT2D eigenvalue weighted by molar-refractivity contribution is 5.89. The zero-order chi connectivity index (χ0) is 18.5. The third-order valence-corrected chi connectivity index (χ3v) is 5.21. The van der Waals surface area contributed by atoms with Crippen LogP contribution in [0.4, 0.5) is 0 Å². The predicted molar refractivity (Wildman–Crippen MR) is 106 cm³/mol. The van der Waals surface area contributed by atoms with Crippen LogP contribution in [0.5, 0.6) is 0 Å². The van der Waals surface area contributed by atoms with E-state index in [0.717, 1.165) is 12.8 Å². The van der Waals surface area contributed by atoms with Crippen LogP contribution >= 0.6 is 0 Å². The van der Waals surface area contributed by atoms with E-state index in [1.807, 2.05) is 18.2 Å². The molecule has 0 radical (unpaired) electrons. The van der Waals surface area contributed by atoms with E-state index < -0.39 is 0 Å². The second-order valence-corrected chi connectivity index (χ2v) is 7.56. The maximum atomic E-state index is 11.8. The number of carbonyl (C=O) groups excluding carboxylic acids is 1. The van der Waals surface area contributed by atoms with Gasteiger partial charge in [-0.2, -0.15) is 0 Å². The molecule has 2 atom stereocenters. The molecule has 1 aromatic rings. The van der Waals surface area contributed by atoms with Crippen molar-refractivity contribution in [2.75, 3.05) is 6.61 Å². The quantitative estimate of drug-likeness (QED) is 0.209. The Labute approximate surface area is 159 Å². The molecule has 1 saturated heterocycles. The van der Waals surface area contributed by atoms with Crippen LogP contribution in [0.3, 0.4) is 0 Å². The molecule has 0 spiro atoms. The van der Waals surface area contributed by atoms with Gasteiger partial charge in [0.2, 0.25) is 0 Å². The van der Waals surface area contributed by atoms with Gasteiger partial charge in [0.15, 0.2) is 0 Å². The minimum absolute atomic E-state index is 0.204. The first-order chi connectivity index (χ1) is 12.8. The van der Waals surface area contributed by atoms with Gasteiger partial charge >= 0.3 is 5.97 Å². The number of rotatable bonds is 15. The lowest BCUT2D eigenvalue weighted by molar-refractivity contribution is 0.0497. The van der Waals surface area contributed by atoms with Gasteiger partial charge < -0.3 is 9.47 Å². The molecule has 2 rings (SSSR count). The predicted octanol–water partition coefficient (Wildman–Crippen LogP) is 6.31. The molecule has 0 saturated carbocycles. The lowest BCUT2D eigenvalue weighted by atomic mass is 10.0. The van der Waals surface area contributed by atoms with Crippen molar-refractivity contribution in [2.45, 2.75) is 96.2 Å². The van der Waals surface area contributed by atoms with Crippen molar-refractivity contribution >= 4 is 5.97 Å². The van der Waals surface area contributed by atoms with Crippen LogP contribution in [0.2, 0.25) is 0 Å². The fourth-order valence-corrected chi connectivity index (χ4v) is 3.39. The van der Waals surface area contributed by atoms with E-state index in [-0.39, 0.29) is 5.97 Å². The molecule has 1 heterocycles. The monoisotopic (exact) mass is 360 g/mol. The molecule has 0 amide bonds. The van der Waals surface area contributed by atoms with Crippen molar-refractivity contribution in [3.8, 4) is 0 Å². The Balaban J connectivity index is 1.27. The van der Waals surface area contributed by atoms with E-state index in [1.54, 1.807) is 12.1 Å². The standard InChI is InChI=1S/C23H36O3/c1-20-22(26-20)18-14-9-7-5-3-2-4-6-8-10-15-19-25-23(24)21-16-12-11-13-17-21/h11-13,16-17,20,22H,2-10,14-15,18-19H2,1H3. The second-order valence-electron chi connectivity index (χ2n) is 7.56. The molecule has 0 N–H and O–H groups in total. The number of hydrogen-bond donors (Lipinski definition) is 0. The minimum atomic E-state index is -0.204. The van der Waals surface area contributed by atoms with Gasteiger partial charge in [-0.1, -0.05) is 82.4 Å². The first kappa shape index (κ1) is 21.0. The summed E-state index contributed by atoms with van der Waals surface area (Å²) < 4.78 is 10.7.